The molecule has 2 nitrogen and oxygen atoms in total. The van der Waals surface area contributed by atoms with E-state index in [1.807, 2.05) is 0 Å². The monoisotopic (exact) mass is 277 g/mol. The zero-order valence-electron chi connectivity index (χ0n) is 13.4. The summed E-state index contributed by atoms with van der Waals surface area (Å²) in [5.41, 5.74) is 0. The molecular formula is C18H33N2+. The second kappa shape index (κ2) is 13.2. The van der Waals surface area contributed by atoms with Crippen molar-refractivity contribution in [3.05, 3.63) is 6.17 Å². The van der Waals surface area contributed by atoms with Crippen LogP contribution in [-0.2, 0) is 0 Å². The second-order valence-corrected chi connectivity index (χ2v) is 5.97. The van der Waals surface area contributed by atoms with Gasteiger partial charge in [-0.3, -0.25) is 0 Å². The first-order chi connectivity index (χ1) is 9.93. The fourth-order valence-electron chi connectivity index (χ4n) is 2.70. The van der Waals surface area contributed by atoms with Crippen LogP contribution in [0.15, 0.2) is 9.98 Å². The molecule has 0 spiro atoms. The van der Waals surface area contributed by atoms with E-state index in [9.17, 15) is 0 Å². The van der Waals surface area contributed by atoms with Crippen LogP contribution in [0.25, 0.3) is 0 Å². The van der Waals surface area contributed by atoms with Crippen LogP contribution in [0.1, 0.15) is 96.8 Å². The number of nitrogens with zero attached hydrogens (tertiary/aromatic N) is 2. The van der Waals surface area contributed by atoms with Crippen LogP contribution in [0, 0.1) is 6.17 Å². The van der Waals surface area contributed by atoms with E-state index in [4.69, 9.17) is 0 Å². The second-order valence-electron chi connectivity index (χ2n) is 5.97. The van der Waals surface area contributed by atoms with E-state index in [2.05, 4.69) is 16.9 Å². The topological polar surface area (TPSA) is 24.7 Å². The Kier molecular flexibility index (Phi) is 11.4. The first kappa shape index (κ1) is 17.3. The zero-order chi connectivity index (χ0) is 14.3. The van der Waals surface area contributed by atoms with Crippen molar-refractivity contribution < 1.29 is 0 Å². The van der Waals surface area contributed by atoms with Gasteiger partial charge >= 0.3 is 0 Å². The highest BCUT2D eigenvalue weighted by molar-refractivity contribution is 6.18. The maximum atomic E-state index is 4.20. The van der Waals surface area contributed by atoms with Gasteiger partial charge in [-0.15, -0.1) is 0 Å². The van der Waals surface area contributed by atoms with Gasteiger partial charge in [-0.1, -0.05) is 94.0 Å². The summed E-state index contributed by atoms with van der Waals surface area (Å²) in [6.45, 7) is 2.28. The summed E-state index contributed by atoms with van der Waals surface area (Å²) < 4.78 is 0. The molecule has 1 aliphatic heterocycles. The van der Waals surface area contributed by atoms with Crippen molar-refractivity contribution >= 4 is 12.4 Å². The van der Waals surface area contributed by atoms with Gasteiger partial charge in [0.2, 0.25) is 6.17 Å². The van der Waals surface area contributed by atoms with E-state index in [0.717, 1.165) is 12.6 Å². The molecule has 0 saturated heterocycles. The molecule has 0 fully saturated rings. The van der Waals surface area contributed by atoms with Crippen LogP contribution in [0.5, 0.6) is 0 Å². The third kappa shape index (κ3) is 10.1. The Balaban J connectivity index is 1.68. The molecule has 0 unspecified atom stereocenters. The van der Waals surface area contributed by atoms with E-state index in [0.29, 0.717) is 0 Å². The standard InChI is InChI=1S/C18H33N2/c1-2-3-4-5-6-7-8-9-10-11-12-13-14-15-18-19-16-17-20-18/h16-17H,2-15H2,1H3/q+1. The molecule has 0 amide bonds. The molecule has 0 radical (unpaired) electrons. The summed E-state index contributed by atoms with van der Waals surface area (Å²) in [6, 6.07) is 0. The molecule has 1 aliphatic rings. The van der Waals surface area contributed by atoms with Gasteiger partial charge in [0.25, 0.3) is 0 Å². The Morgan fingerprint density at radius 1 is 0.600 bits per heavy atom. The summed E-state index contributed by atoms with van der Waals surface area (Å²) in [5, 5.41) is 0. The maximum absolute atomic E-state index is 4.20. The third-order valence-corrected chi connectivity index (χ3v) is 4.02. The van der Waals surface area contributed by atoms with Crippen LogP contribution in [-0.4, -0.2) is 12.4 Å². The normalized spacial score (nSPS) is 13.6. The number of hydrogen-bond acceptors (Lipinski definition) is 2. The van der Waals surface area contributed by atoms with Crippen molar-refractivity contribution in [2.75, 3.05) is 0 Å². The minimum Gasteiger partial charge on any atom is -0.0968 e. The number of rotatable bonds is 14. The highest BCUT2D eigenvalue weighted by Crippen LogP contribution is 2.18. The summed E-state index contributed by atoms with van der Waals surface area (Å²) in [4.78, 5) is 8.40. The number of hydrogen-bond donors (Lipinski definition) is 0. The summed E-state index contributed by atoms with van der Waals surface area (Å²) in [6.07, 6.45) is 24.0. The lowest BCUT2D eigenvalue weighted by atomic mass is 10.0. The van der Waals surface area contributed by atoms with Crippen molar-refractivity contribution in [1.29, 1.82) is 0 Å². The predicted molar refractivity (Wildman–Crippen MR) is 90.5 cm³/mol. The first-order valence-electron chi connectivity index (χ1n) is 8.86. The Morgan fingerprint density at radius 3 is 1.45 bits per heavy atom. The maximum Gasteiger partial charge on any atom is 0.240 e. The number of unbranched alkanes of at least 4 members (excludes halogenated alkanes) is 12. The zero-order valence-corrected chi connectivity index (χ0v) is 13.4. The van der Waals surface area contributed by atoms with Crippen LogP contribution in [0.2, 0.25) is 0 Å². The van der Waals surface area contributed by atoms with Gasteiger partial charge in [0, 0.05) is 0 Å². The summed E-state index contributed by atoms with van der Waals surface area (Å²) in [7, 11) is 0. The summed E-state index contributed by atoms with van der Waals surface area (Å²) in [5.74, 6) is 0. The van der Waals surface area contributed by atoms with Crippen LogP contribution >= 0.6 is 0 Å². The van der Waals surface area contributed by atoms with Crippen LogP contribution in [0.4, 0.5) is 0 Å². The van der Waals surface area contributed by atoms with Crippen molar-refractivity contribution in [2.24, 2.45) is 9.98 Å². The molecule has 114 valence electrons. The average Bonchev–Trinajstić information content (AvgIpc) is 2.97. The van der Waals surface area contributed by atoms with Gasteiger partial charge < -0.3 is 0 Å². The van der Waals surface area contributed by atoms with Gasteiger partial charge in [-0.05, 0) is 6.42 Å². The fraction of sp³-hybridized carbons (Fsp3) is 0.833. The Hall–Kier alpha value is -0.790. The van der Waals surface area contributed by atoms with Crippen molar-refractivity contribution in [3.63, 3.8) is 0 Å². The lowest BCUT2D eigenvalue weighted by molar-refractivity contribution is 0.536. The molecule has 0 atom stereocenters. The Labute approximate surface area is 126 Å². The van der Waals surface area contributed by atoms with E-state index >= 15 is 0 Å². The minimum atomic E-state index is 1.02. The first-order valence-corrected chi connectivity index (χ1v) is 8.86. The molecule has 2 heteroatoms. The molecular weight excluding hydrogens is 244 g/mol. The molecule has 0 bridgehead atoms. The third-order valence-electron chi connectivity index (χ3n) is 4.02. The Morgan fingerprint density at radius 2 is 1.00 bits per heavy atom. The quantitative estimate of drug-likeness (QED) is 0.270. The SMILES string of the molecule is CCCCCCCCCCCCCCC[C+]1N=CC=N1. The lowest BCUT2D eigenvalue weighted by Gasteiger charge is -2.02. The van der Waals surface area contributed by atoms with Crippen LogP contribution in [0.3, 0.4) is 0 Å². The number of aliphatic imine (C=N–C) groups is 2. The highest BCUT2D eigenvalue weighted by atomic mass is 15.0. The lowest BCUT2D eigenvalue weighted by Crippen LogP contribution is -1.87. The van der Waals surface area contributed by atoms with Crippen molar-refractivity contribution in [1.82, 2.24) is 0 Å². The molecule has 0 N–H and O–H groups in total. The Bertz CT molecular complexity index is 246. The van der Waals surface area contributed by atoms with Crippen molar-refractivity contribution in [3.8, 4) is 0 Å². The fourth-order valence-corrected chi connectivity index (χ4v) is 2.70. The molecule has 0 aliphatic carbocycles. The van der Waals surface area contributed by atoms with E-state index in [-0.39, 0.29) is 0 Å². The minimum absolute atomic E-state index is 1.02. The smallest absolute Gasteiger partial charge is 0.0968 e. The molecule has 1 rings (SSSR count). The molecule has 1 heterocycles. The molecule has 0 aromatic rings. The molecule has 0 aromatic carbocycles. The average molecular weight is 277 g/mol. The van der Waals surface area contributed by atoms with Crippen molar-refractivity contribution in [2.45, 2.75) is 96.8 Å². The van der Waals surface area contributed by atoms with Crippen LogP contribution < -0.4 is 0 Å². The van der Waals surface area contributed by atoms with Gasteiger partial charge in [-0.2, -0.15) is 0 Å². The largest absolute Gasteiger partial charge is 0.240 e. The highest BCUT2D eigenvalue weighted by Gasteiger charge is 2.14. The van der Waals surface area contributed by atoms with E-state index < -0.39 is 0 Å². The van der Waals surface area contributed by atoms with Gasteiger partial charge in [0.15, 0.2) is 12.4 Å². The van der Waals surface area contributed by atoms with Gasteiger partial charge in [0.05, 0.1) is 6.42 Å². The molecule has 20 heavy (non-hydrogen) atoms. The van der Waals surface area contributed by atoms with E-state index in [1.54, 1.807) is 12.4 Å². The molecule has 0 saturated carbocycles. The summed E-state index contributed by atoms with van der Waals surface area (Å²) >= 11 is 0. The van der Waals surface area contributed by atoms with Gasteiger partial charge in [0.1, 0.15) is 0 Å². The van der Waals surface area contributed by atoms with E-state index in [1.165, 1.54) is 83.5 Å². The predicted octanol–water partition coefficient (Wildman–Crippen LogP) is 6.11. The van der Waals surface area contributed by atoms with Gasteiger partial charge in [-0.25, -0.2) is 0 Å². The molecule has 0 aromatic heterocycles.